The summed E-state index contributed by atoms with van der Waals surface area (Å²) in [6, 6.07) is 11.9. The summed E-state index contributed by atoms with van der Waals surface area (Å²) in [7, 11) is -5.69. The molecule has 4 rings (SSSR count). The van der Waals surface area contributed by atoms with Crippen molar-refractivity contribution in [2.45, 2.75) is 43.3 Å². The molecule has 0 unspecified atom stereocenters. The number of carbonyl (C=O) groups is 1. The first-order valence-corrected chi connectivity index (χ1v) is 15.2. The second-order valence-electron chi connectivity index (χ2n) is 9.32. The van der Waals surface area contributed by atoms with Crippen molar-refractivity contribution >= 4 is 31.6 Å². The Bertz CT molecular complexity index is 1310. The van der Waals surface area contributed by atoms with E-state index in [1.165, 1.54) is 27.9 Å². The molecule has 0 radical (unpaired) electrons. The van der Waals surface area contributed by atoms with Crippen LogP contribution in [0.25, 0.3) is 0 Å². The highest BCUT2D eigenvalue weighted by Gasteiger charge is 2.32. The van der Waals surface area contributed by atoms with Crippen molar-refractivity contribution in [1.82, 2.24) is 8.61 Å². The monoisotopic (exact) mass is 535 g/mol. The standard InChI is InChI=1S/C25H33N3O6S2/c1-19-7-3-4-8-21(19)18-35(30,31)27-15-11-20(12-16-27)25(29)26-23-17-22(9-10-24(23)34-2)36(32,33)28-13-5-6-14-28/h3-4,7-10,17,20H,5-6,11-16,18H2,1-2H3,(H,26,29). The lowest BCUT2D eigenvalue weighted by Gasteiger charge is -2.31. The van der Waals surface area contributed by atoms with Crippen LogP contribution >= 0.6 is 0 Å². The zero-order chi connectivity index (χ0) is 25.9. The molecule has 1 amide bonds. The molecule has 2 fully saturated rings. The summed E-state index contributed by atoms with van der Waals surface area (Å²) in [6.45, 7) is 3.38. The average molecular weight is 536 g/mol. The third-order valence-electron chi connectivity index (χ3n) is 6.95. The predicted octanol–water partition coefficient (Wildman–Crippen LogP) is 2.97. The lowest BCUT2D eigenvalue weighted by atomic mass is 9.97. The van der Waals surface area contributed by atoms with Crippen LogP contribution in [-0.2, 0) is 30.6 Å². The quantitative estimate of drug-likeness (QED) is 0.556. The maximum atomic E-state index is 13.1. The van der Waals surface area contributed by atoms with E-state index in [2.05, 4.69) is 5.32 Å². The minimum Gasteiger partial charge on any atom is -0.495 e. The topological polar surface area (TPSA) is 113 Å². The molecule has 196 valence electrons. The van der Waals surface area contributed by atoms with E-state index in [-0.39, 0.29) is 35.3 Å². The van der Waals surface area contributed by atoms with Gasteiger partial charge >= 0.3 is 0 Å². The highest BCUT2D eigenvalue weighted by Crippen LogP contribution is 2.31. The van der Waals surface area contributed by atoms with Crippen molar-refractivity contribution in [3.05, 3.63) is 53.6 Å². The van der Waals surface area contributed by atoms with Gasteiger partial charge in [-0.2, -0.15) is 4.31 Å². The number of sulfonamides is 2. The van der Waals surface area contributed by atoms with E-state index in [1.807, 2.05) is 31.2 Å². The SMILES string of the molecule is COc1ccc(S(=O)(=O)N2CCCC2)cc1NC(=O)C1CCN(S(=O)(=O)Cc2ccccc2C)CC1. The number of hydrogen-bond acceptors (Lipinski definition) is 6. The van der Waals surface area contributed by atoms with Gasteiger partial charge in [0.2, 0.25) is 26.0 Å². The van der Waals surface area contributed by atoms with E-state index in [0.717, 1.165) is 24.0 Å². The molecule has 0 aromatic heterocycles. The minimum absolute atomic E-state index is 0.0635. The Hall–Kier alpha value is -2.47. The van der Waals surface area contributed by atoms with Crippen molar-refractivity contribution in [2.75, 3.05) is 38.6 Å². The van der Waals surface area contributed by atoms with Crippen LogP contribution in [0.2, 0.25) is 0 Å². The molecule has 0 bridgehead atoms. The lowest BCUT2D eigenvalue weighted by molar-refractivity contribution is -0.120. The predicted molar refractivity (Wildman–Crippen MR) is 138 cm³/mol. The Morgan fingerprint density at radius 2 is 1.64 bits per heavy atom. The van der Waals surface area contributed by atoms with Gasteiger partial charge in [-0.05, 0) is 61.9 Å². The average Bonchev–Trinajstić information content (AvgIpc) is 3.41. The maximum Gasteiger partial charge on any atom is 0.243 e. The number of nitrogens with one attached hydrogen (secondary N) is 1. The molecule has 0 aliphatic carbocycles. The zero-order valence-corrected chi connectivity index (χ0v) is 22.3. The summed E-state index contributed by atoms with van der Waals surface area (Å²) in [5.74, 6) is -0.369. The van der Waals surface area contributed by atoms with Gasteiger partial charge in [-0.25, -0.2) is 21.1 Å². The van der Waals surface area contributed by atoms with Crippen LogP contribution < -0.4 is 10.1 Å². The summed E-state index contributed by atoms with van der Waals surface area (Å²) in [5.41, 5.74) is 1.99. The number of hydrogen-bond donors (Lipinski definition) is 1. The number of nitrogens with zero attached hydrogens (tertiary/aromatic N) is 2. The minimum atomic E-state index is -3.65. The van der Waals surface area contributed by atoms with Gasteiger partial charge in [0, 0.05) is 32.1 Å². The third kappa shape index (κ3) is 5.74. The second-order valence-corrected chi connectivity index (χ2v) is 13.2. The number of methoxy groups -OCH3 is 1. The Balaban J connectivity index is 1.41. The van der Waals surface area contributed by atoms with Gasteiger partial charge in [0.1, 0.15) is 5.75 Å². The molecule has 2 aliphatic heterocycles. The first-order valence-electron chi connectivity index (χ1n) is 12.1. The Morgan fingerprint density at radius 3 is 2.28 bits per heavy atom. The van der Waals surface area contributed by atoms with E-state index < -0.39 is 26.0 Å². The molecule has 2 aromatic rings. The Morgan fingerprint density at radius 1 is 0.972 bits per heavy atom. The molecule has 2 heterocycles. The first kappa shape index (κ1) is 26.6. The van der Waals surface area contributed by atoms with Crippen LogP contribution in [0.4, 0.5) is 5.69 Å². The molecule has 0 spiro atoms. The van der Waals surface area contributed by atoms with Crippen molar-refractivity contribution < 1.29 is 26.4 Å². The second kappa shape index (κ2) is 10.9. The molecule has 2 aliphatic rings. The van der Waals surface area contributed by atoms with Crippen molar-refractivity contribution in [1.29, 1.82) is 0 Å². The summed E-state index contributed by atoms with van der Waals surface area (Å²) in [4.78, 5) is 13.2. The van der Waals surface area contributed by atoms with Crippen LogP contribution in [-0.4, -0.2) is 64.6 Å². The fraction of sp³-hybridized carbons (Fsp3) is 0.480. The van der Waals surface area contributed by atoms with Crippen LogP contribution in [0, 0.1) is 12.8 Å². The van der Waals surface area contributed by atoms with Crippen LogP contribution in [0.1, 0.15) is 36.8 Å². The molecule has 1 N–H and O–H groups in total. The van der Waals surface area contributed by atoms with Crippen molar-refractivity contribution in [3.8, 4) is 5.75 Å². The summed E-state index contributed by atoms with van der Waals surface area (Å²) < 4.78 is 60.1. The Labute approximate surface area is 213 Å². The Kier molecular flexibility index (Phi) is 8.03. The number of amides is 1. The number of carbonyl (C=O) groups excluding carboxylic acids is 1. The molecule has 0 saturated carbocycles. The lowest BCUT2D eigenvalue weighted by Crippen LogP contribution is -2.42. The number of rotatable bonds is 8. The van der Waals surface area contributed by atoms with Crippen LogP contribution in [0.5, 0.6) is 5.75 Å². The van der Waals surface area contributed by atoms with E-state index in [4.69, 9.17) is 4.74 Å². The molecular formula is C25H33N3O6S2. The molecule has 2 saturated heterocycles. The van der Waals surface area contributed by atoms with Gasteiger partial charge in [-0.1, -0.05) is 24.3 Å². The maximum absolute atomic E-state index is 13.1. The van der Waals surface area contributed by atoms with E-state index in [9.17, 15) is 21.6 Å². The largest absolute Gasteiger partial charge is 0.495 e. The normalized spacial score (nSPS) is 18.3. The first-order chi connectivity index (χ1) is 17.1. The number of aryl methyl sites for hydroxylation is 1. The van der Waals surface area contributed by atoms with Gasteiger partial charge < -0.3 is 10.1 Å². The van der Waals surface area contributed by atoms with Crippen molar-refractivity contribution in [2.24, 2.45) is 5.92 Å². The van der Waals surface area contributed by atoms with Gasteiger partial charge in [0.15, 0.2) is 0 Å². The third-order valence-corrected chi connectivity index (χ3v) is 10.7. The molecule has 2 aromatic carbocycles. The fourth-order valence-electron chi connectivity index (χ4n) is 4.71. The number of ether oxygens (including phenoxy) is 1. The molecular weight excluding hydrogens is 502 g/mol. The van der Waals surface area contributed by atoms with Crippen LogP contribution in [0.3, 0.4) is 0 Å². The van der Waals surface area contributed by atoms with E-state index in [1.54, 1.807) is 6.07 Å². The highest BCUT2D eigenvalue weighted by atomic mass is 32.2. The molecule has 36 heavy (non-hydrogen) atoms. The van der Waals surface area contributed by atoms with Crippen LogP contribution in [0.15, 0.2) is 47.4 Å². The smallest absolute Gasteiger partial charge is 0.243 e. The number of anilines is 1. The van der Waals surface area contributed by atoms with Crippen molar-refractivity contribution in [3.63, 3.8) is 0 Å². The molecule has 0 atom stereocenters. The van der Waals surface area contributed by atoms with E-state index >= 15 is 0 Å². The fourth-order valence-corrected chi connectivity index (χ4v) is 7.92. The van der Waals surface area contributed by atoms with Gasteiger partial charge in [0.05, 0.1) is 23.4 Å². The summed E-state index contributed by atoms with van der Waals surface area (Å²) >= 11 is 0. The van der Waals surface area contributed by atoms with Gasteiger partial charge in [-0.3, -0.25) is 4.79 Å². The summed E-state index contributed by atoms with van der Waals surface area (Å²) in [6.07, 6.45) is 2.43. The number of benzene rings is 2. The zero-order valence-electron chi connectivity index (χ0n) is 20.6. The van der Waals surface area contributed by atoms with E-state index in [0.29, 0.717) is 31.7 Å². The van der Waals surface area contributed by atoms with Gasteiger partial charge in [-0.15, -0.1) is 0 Å². The van der Waals surface area contributed by atoms with Gasteiger partial charge in [0.25, 0.3) is 0 Å². The molecule has 11 heteroatoms. The molecule has 9 nitrogen and oxygen atoms in total. The number of piperidine rings is 1. The highest BCUT2D eigenvalue weighted by molar-refractivity contribution is 7.89. The summed E-state index contributed by atoms with van der Waals surface area (Å²) in [5, 5.41) is 2.82.